The second-order valence-electron chi connectivity index (χ2n) is 7.54. The van der Waals surface area contributed by atoms with Crippen molar-refractivity contribution in [2.45, 2.75) is 38.5 Å². The fraction of sp³-hybridized carbons (Fsp3) is 0.364. The van der Waals surface area contributed by atoms with Crippen molar-refractivity contribution in [1.29, 1.82) is 0 Å². The molecule has 8 heteroatoms. The Morgan fingerprint density at radius 1 is 1.17 bits per heavy atom. The van der Waals surface area contributed by atoms with Crippen LogP contribution in [0.5, 0.6) is 5.75 Å². The average molecular weight is 447 g/mol. The second kappa shape index (κ2) is 9.29. The molecule has 30 heavy (non-hydrogen) atoms. The Kier molecular flexibility index (Phi) is 6.51. The van der Waals surface area contributed by atoms with Gasteiger partial charge in [0.15, 0.2) is 5.82 Å². The van der Waals surface area contributed by atoms with Gasteiger partial charge in [-0.05, 0) is 93.6 Å². The Morgan fingerprint density at radius 3 is 2.53 bits per heavy atom. The topological polar surface area (TPSA) is 35.2 Å². The fourth-order valence-corrected chi connectivity index (χ4v) is 3.86. The molecule has 1 aliphatic rings. The Balaban J connectivity index is 1.54. The summed E-state index contributed by atoms with van der Waals surface area (Å²) in [5, 5.41) is 5.38. The molecule has 1 fully saturated rings. The van der Waals surface area contributed by atoms with Crippen LogP contribution in [-0.4, -0.2) is 38.9 Å². The summed E-state index contributed by atoms with van der Waals surface area (Å²) in [7, 11) is 2.17. The zero-order valence-electron chi connectivity index (χ0n) is 16.8. The van der Waals surface area contributed by atoms with Crippen LogP contribution in [0.15, 0.2) is 48.5 Å². The third-order valence-corrected chi connectivity index (χ3v) is 5.87. The molecule has 1 saturated carbocycles. The Labute approximate surface area is 185 Å². The predicted molar refractivity (Wildman–Crippen MR) is 118 cm³/mol. The van der Waals surface area contributed by atoms with Gasteiger partial charge < -0.3 is 9.64 Å². The van der Waals surface area contributed by atoms with Gasteiger partial charge in [0.25, 0.3) is 0 Å². The van der Waals surface area contributed by atoms with Gasteiger partial charge >= 0.3 is 0 Å². The van der Waals surface area contributed by atoms with E-state index in [0.717, 1.165) is 31.2 Å². The first-order valence-electron chi connectivity index (χ1n) is 10.0. The van der Waals surface area contributed by atoms with E-state index < -0.39 is 0 Å². The molecule has 0 saturated heterocycles. The maximum Gasteiger partial charge on any atom is 0.202 e. The van der Waals surface area contributed by atoms with Crippen molar-refractivity contribution < 1.29 is 9.13 Å². The van der Waals surface area contributed by atoms with Crippen LogP contribution in [-0.2, 0) is 13.2 Å². The van der Waals surface area contributed by atoms with E-state index in [0.29, 0.717) is 21.4 Å². The van der Waals surface area contributed by atoms with E-state index in [2.05, 4.69) is 11.9 Å². The number of aryl methyl sites for hydroxylation is 1. The molecule has 0 atom stereocenters. The Hall–Kier alpha value is -2.22. The van der Waals surface area contributed by atoms with Crippen LogP contribution in [0.2, 0.25) is 5.02 Å². The van der Waals surface area contributed by atoms with Gasteiger partial charge in [-0.25, -0.2) is 9.07 Å². The zero-order chi connectivity index (χ0) is 21.1. The van der Waals surface area contributed by atoms with Gasteiger partial charge in [-0.15, -0.1) is 0 Å². The van der Waals surface area contributed by atoms with E-state index in [1.807, 2.05) is 33.5 Å². The third kappa shape index (κ3) is 5.09. The van der Waals surface area contributed by atoms with Crippen LogP contribution >= 0.6 is 23.8 Å². The van der Waals surface area contributed by atoms with Crippen LogP contribution in [0.4, 0.5) is 4.39 Å². The number of hydrogen-bond donors (Lipinski definition) is 0. The summed E-state index contributed by atoms with van der Waals surface area (Å²) in [6, 6.07) is 14.1. The highest BCUT2D eigenvalue weighted by Crippen LogP contribution is 2.25. The minimum Gasteiger partial charge on any atom is -0.486 e. The molecule has 1 aliphatic carbocycles. The van der Waals surface area contributed by atoms with Crippen molar-refractivity contribution in [2.24, 2.45) is 0 Å². The van der Waals surface area contributed by atoms with E-state index in [1.54, 1.807) is 12.1 Å². The standard InChI is InChI=1S/C22H24ClFN4OS/c1-26(18-9-10-18)13-2-14-27-22(30)28(19-7-3-16(23)4-8-19)21(25-27)15-29-20-11-5-17(24)6-12-20/h3-8,11-12,18H,2,9-10,13-15H2,1H3. The Morgan fingerprint density at radius 2 is 1.87 bits per heavy atom. The summed E-state index contributed by atoms with van der Waals surface area (Å²) in [6.07, 6.45) is 3.56. The van der Waals surface area contributed by atoms with Crippen molar-refractivity contribution in [2.75, 3.05) is 13.6 Å². The molecule has 158 valence electrons. The largest absolute Gasteiger partial charge is 0.486 e. The molecule has 0 bridgehead atoms. The van der Waals surface area contributed by atoms with Gasteiger partial charge in [-0.1, -0.05) is 11.6 Å². The number of rotatable bonds is 9. The summed E-state index contributed by atoms with van der Waals surface area (Å²) in [5.41, 5.74) is 0.878. The molecule has 1 aromatic heterocycles. The Bertz CT molecular complexity index is 1040. The van der Waals surface area contributed by atoms with E-state index >= 15 is 0 Å². The van der Waals surface area contributed by atoms with E-state index in [-0.39, 0.29) is 12.4 Å². The smallest absolute Gasteiger partial charge is 0.202 e. The van der Waals surface area contributed by atoms with Crippen molar-refractivity contribution in [3.05, 3.63) is 70.0 Å². The molecule has 2 aromatic carbocycles. The monoisotopic (exact) mass is 446 g/mol. The fourth-order valence-electron chi connectivity index (χ4n) is 3.39. The lowest BCUT2D eigenvalue weighted by Gasteiger charge is -2.14. The van der Waals surface area contributed by atoms with Crippen LogP contribution in [0.3, 0.4) is 0 Å². The van der Waals surface area contributed by atoms with Crippen LogP contribution in [0.1, 0.15) is 25.1 Å². The third-order valence-electron chi connectivity index (χ3n) is 5.22. The first-order valence-corrected chi connectivity index (χ1v) is 10.8. The maximum atomic E-state index is 13.1. The molecule has 0 spiro atoms. The number of nitrogens with zero attached hydrogens (tertiary/aromatic N) is 4. The van der Waals surface area contributed by atoms with E-state index in [9.17, 15) is 4.39 Å². The summed E-state index contributed by atoms with van der Waals surface area (Å²) in [5.74, 6) is 0.958. The van der Waals surface area contributed by atoms with Gasteiger partial charge in [0.1, 0.15) is 18.2 Å². The first kappa shape index (κ1) is 21.0. The number of benzene rings is 2. The molecule has 5 nitrogen and oxygen atoms in total. The van der Waals surface area contributed by atoms with Gasteiger partial charge in [0.05, 0.1) is 0 Å². The summed E-state index contributed by atoms with van der Waals surface area (Å²) in [4.78, 5) is 2.40. The molecule has 0 radical (unpaired) electrons. The van der Waals surface area contributed by atoms with Gasteiger partial charge in [0, 0.05) is 23.3 Å². The van der Waals surface area contributed by atoms with Gasteiger partial charge in [-0.3, -0.25) is 4.57 Å². The van der Waals surface area contributed by atoms with Crippen molar-refractivity contribution >= 4 is 23.8 Å². The van der Waals surface area contributed by atoms with Crippen LogP contribution in [0, 0.1) is 10.6 Å². The molecule has 0 amide bonds. The molecule has 0 unspecified atom stereocenters. The lowest BCUT2D eigenvalue weighted by molar-refractivity contribution is 0.290. The highest BCUT2D eigenvalue weighted by Gasteiger charge is 2.25. The normalized spacial score (nSPS) is 13.7. The van der Waals surface area contributed by atoms with Crippen molar-refractivity contribution in [3.63, 3.8) is 0 Å². The van der Waals surface area contributed by atoms with Crippen molar-refractivity contribution in [3.8, 4) is 11.4 Å². The number of halogens is 2. The predicted octanol–water partition coefficient (Wildman–Crippen LogP) is 5.26. The molecular formula is C22H24ClFN4OS. The molecule has 0 N–H and O–H groups in total. The van der Waals surface area contributed by atoms with Gasteiger partial charge in [0.2, 0.25) is 4.77 Å². The maximum absolute atomic E-state index is 13.1. The SMILES string of the molecule is CN(CCCn1nc(COc2ccc(F)cc2)n(-c2ccc(Cl)cc2)c1=S)C1CC1. The minimum atomic E-state index is -0.299. The number of aromatic nitrogens is 3. The molecular weight excluding hydrogens is 423 g/mol. The van der Waals surface area contributed by atoms with E-state index in [1.165, 1.54) is 25.0 Å². The quantitative estimate of drug-likeness (QED) is 0.420. The average Bonchev–Trinajstić information content (AvgIpc) is 3.54. The molecule has 1 heterocycles. The number of ether oxygens (including phenoxy) is 1. The molecule has 0 aliphatic heterocycles. The van der Waals surface area contributed by atoms with Crippen LogP contribution < -0.4 is 4.74 Å². The summed E-state index contributed by atoms with van der Waals surface area (Å²) < 4.78 is 23.4. The van der Waals surface area contributed by atoms with Crippen molar-refractivity contribution in [1.82, 2.24) is 19.2 Å². The molecule has 3 aromatic rings. The number of hydrogen-bond acceptors (Lipinski definition) is 4. The second-order valence-corrected chi connectivity index (χ2v) is 8.34. The minimum absolute atomic E-state index is 0.215. The highest BCUT2D eigenvalue weighted by atomic mass is 35.5. The first-order chi connectivity index (χ1) is 14.5. The highest BCUT2D eigenvalue weighted by molar-refractivity contribution is 7.71. The van der Waals surface area contributed by atoms with Crippen LogP contribution in [0.25, 0.3) is 5.69 Å². The van der Waals surface area contributed by atoms with Gasteiger partial charge in [-0.2, -0.15) is 5.10 Å². The summed E-state index contributed by atoms with van der Waals surface area (Å²) >= 11 is 11.8. The summed E-state index contributed by atoms with van der Waals surface area (Å²) in [6.45, 7) is 1.97. The lowest BCUT2D eigenvalue weighted by atomic mass is 10.3. The van der Waals surface area contributed by atoms with E-state index in [4.69, 9.17) is 33.7 Å². The molecule has 4 rings (SSSR count). The lowest BCUT2D eigenvalue weighted by Crippen LogP contribution is -2.23. The zero-order valence-corrected chi connectivity index (χ0v) is 18.4.